The summed E-state index contributed by atoms with van der Waals surface area (Å²) in [6.07, 6.45) is 7.68. The van der Waals surface area contributed by atoms with E-state index in [9.17, 15) is 4.79 Å². The number of hydrogen-bond donors (Lipinski definition) is 1. The molecular weight excluding hydrogens is 256 g/mol. The summed E-state index contributed by atoms with van der Waals surface area (Å²) >= 11 is 0. The third kappa shape index (κ3) is 2.59. The molecule has 2 heterocycles. The molecule has 0 aliphatic heterocycles. The van der Waals surface area contributed by atoms with Gasteiger partial charge in [-0.2, -0.15) is 5.10 Å². The number of carbonyl (C=O) groups excluding carboxylic acids is 1. The summed E-state index contributed by atoms with van der Waals surface area (Å²) in [6, 6.07) is 3.82. The van der Waals surface area contributed by atoms with Gasteiger partial charge in [-0.05, 0) is 19.8 Å². The lowest BCUT2D eigenvalue weighted by Crippen LogP contribution is -2.20. The highest BCUT2D eigenvalue weighted by Gasteiger charge is 2.20. The standard InChI is InChI=1S/C14H18N4O2/c1-10-9-12(20-17-10)14(19)16-13-7-8-15-18(13)11-5-3-2-4-6-11/h7-9,11H,2-6H2,1H3,(H,16,19). The summed E-state index contributed by atoms with van der Waals surface area (Å²) in [5, 5.41) is 10.9. The van der Waals surface area contributed by atoms with Gasteiger partial charge in [-0.25, -0.2) is 4.68 Å². The van der Waals surface area contributed by atoms with Crippen LogP contribution in [0, 0.1) is 6.92 Å². The second-order valence-corrected chi connectivity index (χ2v) is 5.24. The van der Waals surface area contributed by atoms with Crippen molar-refractivity contribution >= 4 is 11.7 Å². The number of amides is 1. The van der Waals surface area contributed by atoms with Crippen LogP contribution in [0.3, 0.4) is 0 Å². The summed E-state index contributed by atoms with van der Waals surface area (Å²) in [5.74, 6) is 0.651. The Bertz CT molecular complexity index is 596. The van der Waals surface area contributed by atoms with Gasteiger partial charge in [0.25, 0.3) is 5.91 Å². The average Bonchev–Trinajstić information content (AvgIpc) is 3.09. The van der Waals surface area contributed by atoms with Crippen molar-refractivity contribution in [3.63, 3.8) is 0 Å². The quantitative estimate of drug-likeness (QED) is 0.934. The molecule has 1 saturated carbocycles. The molecule has 0 atom stereocenters. The predicted octanol–water partition coefficient (Wildman–Crippen LogP) is 2.94. The summed E-state index contributed by atoms with van der Waals surface area (Å²) in [6.45, 7) is 1.78. The number of rotatable bonds is 3. The fourth-order valence-electron chi connectivity index (χ4n) is 2.68. The molecule has 0 radical (unpaired) electrons. The number of hydrogen-bond acceptors (Lipinski definition) is 4. The van der Waals surface area contributed by atoms with Crippen molar-refractivity contribution in [1.29, 1.82) is 0 Å². The van der Waals surface area contributed by atoms with Gasteiger partial charge in [-0.15, -0.1) is 0 Å². The summed E-state index contributed by atoms with van der Waals surface area (Å²) < 4.78 is 6.89. The molecule has 1 amide bonds. The minimum atomic E-state index is -0.289. The van der Waals surface area contributed by atoms with Crippen molar-refractivity contribution < 1.29 is 9.32 Å². The van der Waals surface area contributed by atoms with Crippen molar-refractivity contribution in [3.8, 4) is 0 Å². The van der Waals surface area contributed by atoms with Gasteiger partial charge in [0.15, 0.2) is 0 Å². The molecule has 1 fully saturated rings. The van der Waals surface area contributed by atoms with E-state index in [-0.39, 0.29) is 11.7 Å². The Labute approximate surface area is 117 Å². The zero-order chi connectivity index (χ0) is 13.9. The molecule has 0 saturated heterocycles. The maximum Gasteiger partial charge on any atom is 0.295 e. The second-order valence-electron chi connectivity index (χ2n) is 5.24. The molecule has 0 spiro atoms. The van der Waals surface area contributed by atoms with Gasteiger partial charge in [0.1, 0.15) is 5.82 Å². The van der Waals surface area contributed by atoms with E-state index in [1.54, 1.807) is 19.2 Å². The van der Waals surface area contributed by atoms with Crippen LogP contribution < -0.4 is 5.32 Å². The topological polar surface area (TPSA) is 73.0 Å². The van der Waals surface area contributed by atoms with Gasteiger partial charge in [0.05, 0.1) is 17.9 Å². The highest BCUT2D eigenvalue weighted by atomic mass is 16.5. The first-order valence-corrected chi connectivity index (χ1v) is 7.02. The largest absolute Gasteiger partial charge is 0.351 e. The maximum absolute atomic E-state index is 12.1. The normalized spacial score (nSPS) is 16.2. The van der Waals surface area contributed by atoms with Crippen LogP contribution in [0.1, 0.15) is 54.4 Å². The molecule has 0 unspecified atom stereocenters. The highest BCUT2D eigenvalue weighted by molar-refractivity contribution is 6.01. The van der Waals surface area contributed by atoms with Crippen LogP contribution in [-0.2, 0) is 0 Å². The van der Waals surface area contributed by atoms with Crippen molar-refractivity contribution in [3.05, 3.63) is 29.8 Å². The molecule has 20 heavy (non-hydrogen) atoms. The van der Waals surface area contributed by atoms with Gasteiger partial charge in [-0.1, -0.05) is 24.4 Å². The van der Waals surface area contributed by atoms with E-state index < -0.39 is 0 Å². The second kappa shape index (κ2) is 5.48. The lowest BCUT2D eigenvalue weighted by atomic mass is 9.96. The first-order valence-electron chi connectivity index (χ1n) is 7.02. The summed E-state index contributed by atoms with van der Waals surface area (Å²) in [7, 11) is 0. The van der Waals surface area contributed by atoms with Crippen LogP contribution in [-0.4, -0.2) is 20.8 Å². The van der Waals surface area contributed by atoms with Gasteiger partial charge in [0, 0.05) is 12.1 Å². The first-order chi connectivity index (χ1) is 9.74. The maximum atomic E-state index is 12.1. The zero-order valence-corrected chi connectivity index (χ0v) is 11.5. The summed E-state index contributed by atoms with van der Waals surface area (Å²) in [5.41, 5.74) is 0.691. The van der Waals surface area contributed by atoms with Gasteiger partial charge in [0.2, 0.25) is 5.76 Å². The average molecular weight is 274 g/mol. The number of nitrogens with one attached hydrogen (secondary N) is 1. The van der Waals surface area contributed by atoms with E-state index in [4.69, 9.17) is 4.52 Å². The minimum absolute atomic E-state index is 0.221. The number of nitrogens with zero attached hydrogens (tertiary/aromatic N) is 3. The Kier molecular flexibility index (Phi) is 3.54. The monoisotopic (exact) mass is 274 g/mol. The number of anilines is 1. The van der Waals surface area contributed by atoms with E-state index >= 15 is 0 Å². The fourth-order valence-corrected chi connectivity index (χ4v) is 2.68. The van der Waals surface area contributed by atoms with E-state index in [1.807, 2.05) is 10.7 Å². The molecule has 1 N–H and O–H groups in total. The fraction of sp³-hybridized carbons (Fsp3) is 0.500. The third-order valence-corrected chi connectivity index (χ3v) is 3.68. The highest BCUT2D eigenvalue weighted by Crippen LogP contribution is 2.30. The Morgan fingerprint density at radius 2 is 2.20 bits per heavy atom. The van der Waals surface area contributed by atoms with Crippen LogP contribution in [0.15, 0.2) is 22.9 Å². The van der Waals surface area contributed by atoms with E-state index in [1.165, 1.54) is 19.3 Å². The molecule has 1 aliphatic carbocycles. The van der Waals surface area contributed by atoms with Crippen LogP contribution in [0.4, 0.5) is 5.82 Å². The van der Waals surface area contributed by atoms with Crippen molar-refractivity contribution in [2.24, 2.45) is 0 Å². The van der Waals surface area contributed by atoms with Crippen molar-refractivity contribution in [1.82, 2.24) is 14.9 Å². The number of aryl methyl sites for hydroxylation is 1. The smallest absolute Gasteiger partial charge is 0.295 e. The van der Waals surface area contributed by atoms with Crippen LogP contribution in [0.5, 0.6) is 0 Å². The molecule has 6 heteroatoms. The molecule has 3 rings (SSSR count). The zero-order valence-electron chi connectivity index (χ0n) is 11.5. The molecule has 6 nitrogen and oxygen atoms in total. The molecule has 2 aromatic heterocycles. The molecule has 0 bridgehead atoms. The number of carbonyl (C=O) groups is 1. The van der Waals surface area contributed by atoms with E-state index in [2.05, 4.69) is 15.6 Å². The van der Waals surface area contributed by atoms with Crippen molar-refractivity contribution in [2.45, 2.75) is 45.1 Å². The Hall–Kier alpha value is -2.11. The lowest BCUT2D eigenvalue weighted by molar-refractivity contribution is 0.0986. The van der Waals surface area contributed by atoms with Gasteiger partial charge in [-0.3, -0.25) is 4.79 Å². The van der Waals surface area contributed by atoms with Crippen molar-refractivity contribution in [2.75, 3.05) is 5.32 Å². The summed E-state index contributed by atoms with van der Waals surface area (Å²) in [4.78, 5) is 12.1. The Morgan fingerprint density at radius 1 is 1.40 bits per heavy atom. The molecular formula is C14H18N4O2. The Balaban J connectivity index is 1.74. The molecule has 0 aromatic carbocycles. The third-order valence-electron chi connectivity index (χ3n) is 3.68. The van der Waals surface area contributed by atoms with Crippen LogP contribution in [0.25, 0.3) is 0 Å². The first kappa shape index (κ1) is 12.9. The van der Waals surface area contributed by atoms with Gasteiger partial charge < -0.3 is 9.84 Å². The van der Waals surface area contributed by atoms with Gasteiger partial charge >= 0.3 is 0 Å². The predicted molar refractivity (Wildman–Crippen MR) is 73.5 cm³/mol. The molecule has 106 valence electrons. The van der Waals surface area contributed by atoms with Crippen LogP contribution in [0.2, 0.25) is 0 Å². The molecule has 2 aromatic rings. The molecule has 1 aliphatic rings. The minimum Gasteiger partial charge on any atom is -0.351 e. The lowest BCUT2D eigenvalue weighted by Gasteiger charge is -2.23. The van der Waals surface area contributed by atoms with Crippen LogP contribution >= 0.6 is 0 Å². The SMILES string of the molecule is Cc1cc(C(=O)Nc2ccnn2C2CCCCC2)on1. The Morgan fingerprint density at radius 3 is 2.90 bits per heavy atom. The van der Waals surface area contributed by atoms with E-state index in [0.717, 1.165) is 18.7 Å². The number of aromatic nitrogens is 3. The van der Waals surface area contributed by atoms with E-state index in [0.29, 0.717) is 11.7 Å².